The molecule has 2 nitrogen and oxygen atoms in total. The van der Waals surface area contributed by atoms with Gasteiger partial charge in [-0.05, 0) is 81.7 Å². The summed E-state index contributed by atoms with van der Waals surface area (Å²) >= 11 is 0. The van der Waals surface area contributed by atoms with Gasteiger partial charge >= 0.3 is 0 Å². The van der Waals surface area contributed by atoms with E-state index in [0.717, 1.165) is 16.9 Å². The van der Waals surface area contributed by atoms with Gasteiger partial charge in [0.2, 0.25) is 0 Å². The Labute approximate surface area is 152 Å². The molecule has 0 aromatic carbocycles. The van der Waals surface area contributed by atoms with Crippen LogP contribution in [-0.4, -0.2) is 37.1 Å². The van der Waals surface area contributed by atoms with Gasteiger partial charge in [-0.15, -0.1) is 0 Å². The lowest BCUT2D eigenvalue weighted by Crippen LogP contribution is -2.59. The molecular formula is C22H44N2. The van der Waals surface area contributed by atoms with Gasteiger partial charge < -0.3 is 10.2 Å². The maximum Gasteiger partial charge on any atom is 0.00725 e. The molecule has 4 rings (SSSR count). The molecule has 1 heterocycles. The highest BCUT2D eigenvalue weighted by molar-refractivity contribution is 5.01. The van der Waals surface area contributed by atoms with Gasteiger partial charge in [0.15, 0.2) is 0 Å². The van der Waals surface area contributed by atoms with E-state index in [0.29, 0.717) is 0 Å². The predicted molar refractivity (Wildman–Crippen MR) is 107 cm³/mol. The Bertz CT molecular complexity index is 336. The molecule has 4 aliphatic rings. The number of rotatable bonds is 6. The highest BCUT2D eigenvalue weighted by Crippen LogP contribution is 2.57. The lowest BCUT2D eigenvalue weighted by atomic mass is 9.63. The smallest absolute Gasteiger partial charge is 0.00725 e. The highest BCUT2D eigenvalue weighted by atomic mass is 15.2. The zero-order valence-electron chi connectivity index (χ0n) is 17.1. The molecular weight excluding hydrogens is 292 g/mol. The average Bonchev–Trinajstić information content (AvgIpc) is 3.16. The Balaban J connectivity index is 0.000000158. The molecule has 0 radical (unpaired) electrons. The summed E-state index contributed by atoms with van der Waals surface area (Å²) in [5.74, 6) is 0. The topological polar surface area (TPSA) is 15.3 Å². The second kappa shape index (κ2) is 9.57. The third-order valence-corrected chi connectivity index (χ3v) is 6.70. The van der Waals surface area contributed by atoms with Crippen molar-refractivity contribution in [3.63, 3.8) is 0 Å². The molecule has 1 unspecified atom stereocenters. The quantitative estimate of drug-likeness (QED) is 0.677. The molecule has 0 aromatic heterocycles. The van der Waals surface area contributed by atoms with E-state index in [-0.39, 0.29) is 0 Å². The Hall–Kier alpha value is -0.0800. The molecule has 2 heteroatoms. The van der Waals surface area contributed by atoms with Crippen LogP contribution in [0.3, 0.4) is 0 Å². The molecule has 3 aliphatic carbocycles. The summed E-state index contributed by atoms with van der Waals surface area (Å²) in [5, 5.41) is 3.63. The fourth-order valence-corrected chi connectivity index (χ4v) is 4.80. The van der Waals surface area contributed by atoms with Crippen LogP contribution in [0.1, 0.15) is 98.3 Å². The Morgan fingerprint density at radius 1 is 0.917 bits per heavy atom. The number of hydrogen-bond acceptors (Lipinski definition) is 2. The van der Waals surface area contributed by atoms with E-state index in [2.05, 4.69) is 24.1 Å². The minimum Gasteiger partial charge on any atom is -0.314 e. The van der Waals surface area contributed by atoms with Gasteiger partial charge in [0.1, 0.15) is 0 Å². The summed E-state index contributed by atoms with van der Waals surface area (Å²) in [6, 6.07) is 0.873. The largest absolute Gasteiger partial charge is 0.314 e. The standard InChI is InChI=1S/2C10H19N.C2H6/c1-2-7-11-9-3-4-10(8-9)5-6-10;1-2-3-7-11-8-10(9-11)5-4-6-10;1-2/h9,11H,2-8H2,1H3;2-9H2,1H3;1-2H3. The van der Waals surface area contributed by atoms with Crippen LogP contribution in [0.25, 0.3) is 0 Å². The van der Waals surface area contributed by atoms with E-state index in [4.69, 9.17) is 0 Å². The molecule has 0 amide bonds. The van der Waals surface area contributed by atoms with Gasteiger partial charge in [-0.25, -0.2) is 0 Å². The number of likely N-dealkylation sites (tertiary alicyclic amines) is 1. The maximum absolute atomic E-state index is 3.63. The van der Waals surface area contributed by atoms with E-state index in [1.54, 1.807) is 0 Å². The van der Waals surface area contributed by atoms with Gasteiger partial charge in [-0.3, -0.25) is 0 Å². The van der Waals surface area contributed by atoms with Crippen LogP contribution in [0.2, 0.25) is 0 Å². The third kappa shape index (κ3) is 5.46. The summed E-state index contributed by atoms with van der Waals surface area (Å²) < 4.78 is 0. The number of unbranched alkanes of at least 4 members (excludes halogenated alkanes) is 1. The first-order valence-corrected chi connectivity index (χ1v) is 11.2. The maximum atomic E-state index is 3.63. The third-order valence-electron chi connectivity index (χ3n) is 6.70. The number of nitrogens with zero attached hydrogens (tertiary/aromatic N) is 1. The molecule has 2 spiro atoms. The molecule has 1 aliphatic heterocycles. The predicted octanol–water partition coefficient (Wildman–Crippen LogP) is 5.62. The van der Waals surface area contributed by atoms with Gasteiger partial charge in [-0.1, -0.05) is 40.5 Å². The van der Waals surface area contributed by atoms with Crippen LogP contribution < -0.4 is 5.32 Å². The minimum atomic E-state index is 0.841. The Kier molecular flexibility index (Phi) is 8.07. The molecule has 4 fully saturated rings. The molecule has 3 saturated carbocycles. The van der Waals surface area contributed by atoms with Crippen molar-refractivity contribution in [3.05, 3.63) is 0 Å². The van der Waals surface area contributed by atoms with Crippen LogP contribution in [0.4, 0.5) is 0 Å². The van der Waals surface area contributed by atoms with Gasteiger partial charge in [0.25, 0.3) is 0 Å². The summed E-state index contributed by atoms with van der Waals surface area (Å²) in [5.41, 5.74) is 1.69. The molecule has 0 bridgehead atoms. The second-order valence-corrected chi connectivity index (χ2v) is 8.81. The van der Waals surface area contributed by atoms with Crippen LogP contribution in [0, 0.1) is 10.8 Å². The lowest BCUT2D eigenvalue weighted by molar-refractivity contribution is -0.0598. The van der Waals surface area contributed by atoms with Crippen LogP contribution in [-0.2, 0) is 0 Å². The van der Waals surface area contributed by atoms with Crippen molar-refractivity contribution in [2.45, 2.75) is 104 Å². The fourth-order valence-electron chi connectivity index (χ4n) is 4.80. The Morgan fingerprint density at radius 2 is 1.62 bits per heavy atom. The normalized spacial score (nSPS) is 28.2. The van der Waals surface area contributed by atoms with Crippen molar-refractivity contribution in [1.82, 2.24) is 10.2 Å². The van der Waals surface area contributed by atoms with Crippen molar-refractivity contribution in [2.75, 3.05) is 26.2 Å². The summed E-state index contributed by atoms with van der Waals surface area (Å²) in [6.07, 6.45) is 16.1. The summed E-state index contributed by atoms with van der Waals surface area (Å²) in [4.78, 5) is 2.63. The van der Waals surface area contributed by atoms with Gasteiger partial charge in [0, 0.05) is 19.1 Å². The van der Waals surface area contributed by atoms with Crippen molar-refractivity contribution >= 4 is 0 Å². The van der Waals surface area contributed by atoms with Crippen molar-refractivity contribution in [1.29, 1.82) is 0 Å². The SMILES string of the molecule is CC.CCCCN1CC2(CCC2)C1.CCCNC1CCC2(CC2)C1. The van der Waals surface area contributed by atoms with Crippen LogP contribution in [0.5, 0.6) is 0 Å². The molecule has 1 saturated heterocycles. The van der Waals surface area contributed by atoms with Crippen molar-refractivity contribution in [3.8, 4) is 0 Å². The second-order valence-electron chi connectivity index (χ2n) is 8.81. The zero-order valence-corrected chi connectivity index (χ0v) is 17.1. The van der Waals surface area contributed by atoms with E-state index >= 15 is 0 Å². The van der Waals surface area contributed by atoms with E-state index < -0.39 is 0 Å². The summed E-state index contributed by atoms with van der Waals surface area (Å²) in [7, 11) is 0. The van der Waals surface area contributed by atoms with E-state index in [1.165, 1.54) is 96.8 Å². The van der Waals surface area contributed by atoms with Gasteiger partial charge in [0.05, 0.1) is 0 Å². The number of nitrogens with one attached hydrogen (secondary N) is 1. The van der Waals surface area contributed by atoms with Crippen molar-refractivity contribution < 1.29 is 0 Å². The minimum absolute atomic E-state index is 0.841. The molecule has 1 atom stereocenters. The number of hydrogen-bond donors (Lipinski definition) is 1. The Morgan fingerprint density at radius 3 is 2.08 bits per heavy atom. The fraction of sp³-hybridized carbons (Fsp3) is 1.00. The summed E-state index contributed by atoms with van der Waals surface area (Å²) in [6.45, 7) is 14.0. The van der Waals surface area contributed by atoms with Crippen molar-refractivity contribution in [2.24, 2.45) is 10.8 Å². The van der Waals surface area contributed by atoms with E-state index in [9.17, 15) is 0 Å². The highest BCUT2D eigenvalue weighted by Gasteiger charge is 2.48. The molecule has 24 heavy (non-hydrogen) atoms. The molecule has 1 N–H and O–H groups in total. The average molecular weight is 337 g/mol. The van der Waals surface area contributed by atoms with E-state index in [1.807, 2.05) is 13.8 Å². The van der Waals surface area contributed by atoms with Crippen LogP contribution >= 0.6 is 0 Å². The molecule has 0 aromatic rings. The van der Waals surface area contributed by atoms with Gasteiger partial charge in [-0.2, -0.15) is 0 Å². The molecule has 142 valence electrons. The first-order chi connectivity index (χ1) is 11.7. The first kappa shape index (κ1) is 20.2. The zero-order chi connectivity index (χ0) is 17.5. The lowest BCUT2D eigenvalue weighted by Gasteiger charge is -2.56. The monoisotopic (exact) mass is 336 g/mol. The van der Waals surface area contributed by atoms with Crippen LogP contribution in [0.15, 0.2) is 0 Å². The first-order valence-electron chi connectivity index (χ1n) is 11.2.